The van der Waals surface area contributed by atoms with Crippen molar-refractivity contribution in [1.29, 1.82) is 5.26 Å². The predicted octanol–water partition coefficient (Wildman–Crippen LogP) is 3.11. The van der Waals surface area contributed by atoms with E-state index in [2.05, 4.69) is 6.07 Å². The third kappa shape index (κ3) is 1.27. The van der Waals surface area contributed by atoms with Gasteiger partial charge in [0.05, 0.1) is 11.5 Å². The lowest BCUT2D eigenvalue weighted by molar-refractivity contribution is 0.0259. The zero-order valence-electron chi connectivity index (χ0n) is 9.10. The van der Waals surface area contributed by atoms with E-state index in [1.54, 1.807) is 11.3 Å². The van der Waals surface area contributed by atoms with Crippen LogP contribution in [0.2, 0.25) is 0 Å². The standard InChI is InChI=1S/C13H15NOS/c14-8-13(7-9-3-4-10(13)6-9)12(15)11-2-1-5-16-11/h1-2,5,9-10,12,15H,3-4,6-7H2. The average Bonchev–Trinajstić information content (AvgIpc) is 3.03. The van der Waals surface area contributed by atoms with E-state index in [1.165, 1.54) is 6.42 Å². The van der Waals surface area contributed by atoms with Crippen molar-refractivity contribution >= 4 is 11.3 Å². The van der Waals surface area contributed by atoms with Gasteiger partial charge in [-0.3, -0.25) is 0 Å². The quantitative estimate of drug-likeness (QED) is 0.853. The third-order valence-electron chi connectivity index (χ3n) is 4.40. The van der Waals surface area contributed by atoms with Crippen LogP contribution >= 0.6 is 11.3 Å². The number of nitriles is 1. The topological polar surface area (TPSA) is 44.0 Å². The van der Waals surface area contributed by atoms with Crippen LogP contribution in [0.1, 0.15) is 36.7 Å². The summed E-state index contributed by atoms with van der Waals surface area (Å²) in [6, 6.07) is 6.34. The molecular formula is C13H15NOS. The van der Waals surface area contributed by atoms with Gasteiger partial charge in [0.25, 0.3) is 0 Å². The van der Waals surface area contributed by atoms with Crippen LogP contribution in [0.15, 0.2) is 17.5 Å². The number of hydrogen-bond acceptors (Lipinski definition) is 3. The van der Waals surface area contributed by atoms with Gasteiger partial charge in [-0.2, -0.15) is 5.26 Å². The summed E-state index contributed by atoms with van der Waals surface area (Å²) in [6.45, 7) is 0. The largest absolute Gasteiger partial charge is 0.386 e. The zero-order chi connectivity index (χ0) is 11.2. The summed E-state index contributed by atoms with van der Waals surface area (Å²) < 4.78 is 0. The second-order valence-electron chi connectivity index (χ2n) is 5.15. The van der Waals surface area contributed by atoms with E-state index in [0.29, 0.717) is 11.8 Å². The second kappa shape index (κ2) is 3.58. The van der Waals surface area contributed by atoms with E-state index in [4.69, 9.17) is 0 Å². The van der Waals surface area contributed by atoms with Crippen LogP contribution in [-0.4, -0.2) is 5.11 Å². The van der Waals surface area contributed by atoms with Crippen molar-refractivity contribution in [3.63, 3.8) is 0 Å². The molecule has 0 aromatic carbocycles. The van der Waals surface area contributed by atoms with E-state index in [0.717, 1.165) is 24.1 Å². The number of rotatable bonds is 2. The Morgan fingerprint density at radius 1 is 1.56 bits per heavy atom. The molecule has 2 bridgehead atoms. The van der Waals surface area contributed by atoms with Gasteiger partial charge >= 0.3 is 0 Å². The Morgan fingerprint density at radius 3 is 2.94 bits per heavy atom. The van der Waals surface area contributed by atoms with Crippen molar-refractivity contribution in [2.75, 3.05) is 0 Å². The molecule has 0 radical (unpaired) electrons. The fraction of sp³-hybridized carbons (Fsp3) is 0.615. The molecule has 4 atom stereocenters. The summed E-state index contributed by atoms with van der Waals surface area (Å²) in [5.74, 6) is 1.10. The van der Waals surface area contributed by atoms with E-state index in [-0.39, 0.29) is 0 Å². The summed E-state index contributed by atoms with van der Waals surface area (Å²) >= 11 is 1.56. The number of nitrogens with zero attached hydrogens (tertiary/aromatic N) is 1. The van der Waals surface area contributed by atoms with Crippen LogP contribution in [0.25, 0.3) is 0 Å². The van der Waals surface area contributed by atoms with Crippen molar-refractivity contribution in [3.8, 4) is 6.07 Å². The van der Waals surface area contributed by atoms with Crippen LogP contribution in [0.3, 0.4) is 0 Å². The van der Waals surface area contributed by atoms with Crippen molar-refractivity contribution in [3.05, 3.63) is 22.4 Å². The van der Waals surface area contributed by atoms with E-state index in [1.807, 2.05) is 17.5 Å². The maximum atomic E-state index is 10.5. The fourth-order valence-corrected chi connectivity index (χ4v) is 4.42. The molecule has 1 aromatic heterocycles. The summed E-state index contributed by atoms with van der Waals surface area (Å²) in [7, 11) is 0. The Hall–Kier alpha value is -0.850. The third-order valence-corrected chi connectivity index (χ3v) is 5.33. The number of aliphatic hydroxyl groups is 1. The van der Waals surface area contributed by atoms with Gasteiger partial charge in [0.15, 0.2) is 0 Å². The van der Waals surface area contributed by atoms with E-state index < -0.39 is 11.5 Å². The molecule has 3 rings (SSSR count). The molecule has 2 aliphatic rings. The Labute approximate surface area is 99.5 Å². The first-order valence-electron chi connectivity index (χ1n) is 5.89. The smallest absolute Gasteiger partial charge is 0.107 e. The predicted molar refractivity (Wildman–Crippen MR) is 62.8 cm³/mol. The first kappa shape index (κ1) is 10.3. The molecule has 0 aliphatic heterocycles. The molecular weight excluding hydrogens is 218 g/mol. The summed E-state index contributed by atoms with van der Waals surface area (Å²) in [5, 5.41) is 21.9. The van der Waals surface area contributed by atoms with E-state index >= 15 is 0 Å². The van der Waals surface area contributed by atoms with Crippen molar-refractivity contribution in [2.45, 2.75) is 31.8 Å². The van der Waals surface area contributed by atoms with Crippen LogP contribution in [0.5, 0.6) is 0 Å². The van der Waals surface area contributed by atoms with E-state index in [9.17, 15) is 10.4 Å². The lowest BCUT2D eigenvalue weighted by Gasteiger charge is -2.34. The highest BCUT2D eigenvalue weighted by Crippen LogP contribution is 2.60. The number of fused-ring (bicyclic) bond motifs is 2. The van der Waals surface area contributed by atoms with Crippen LogP contribution < -0.4 is 0 Å². The average molecular weight is 233 g/mol. The maximum absolute atomic E-state index is 10.5. The van der Waals surface area contributed by atoms with Crippen LogP contribution in [-0.2, 0) is 0 Å². The Bertz CT molecular complexity index is 422. The molecule has 16 heavy (non-hydrogen) atoms. The highest BCUT2D eigenvalue weighted by atomic mass is 32.1. The van der Waals surface area contributed by atoms with Gasteiger partial charge in [-0.15, -0.1) is 11.3 Å². The Morgan fingerprint density at radius 2 is 2.44 bits per heavy atom. The van der Waals surface area contributed by atoms with Gasteiger partial charge in [-0.05, 0) is 42.5 Å². The molecule has 1 N–H and O–H groups in total. The van der Waals surface area contributed by atoms with Gasteiger partial charge in [-0.1, -0.05) is 12.5 Å². The molecule has 4 unspecified atom stereocenters. The maximum Gasteiger partial charge on any atom is 0.107 e. The number of hydrogen-bond donors (Lipinski definition) is 1. The first-order chi connectivity index (χ1) is 7.76. The van der Waals surface area contributed by atoms with Crippen molar-refractivity contribution in [1.82, 2.24) is 0 Å². The molecule has 2 aliphatic carbocycles. The fourth-order valence-electron chi connectivity index (χ4n) is 3.61. The molecule has 0 saturated heterocycles. The van der Waals surface area contributed by atoms with Gasteiger partial charge in [-0.25, -0.2) is 0 Å². The second-order valence-corrected chi connectivity index (χ2v) is 6.13. The number of thiophene rings is 1. The Balaban J connectivity index is 1.95. The summed E-state index contributed by atoms with van der Waals surface area (Å²) in [6.07, 6.45) is 3.85. The van der Waals surface area contributed by atoms with Crippen LogP contribution in [0, 0.1) is 28.6 Å². The van der Waals surface area contributed by atoms with Gasteiger partial charge in [0.2, 0.25) is 0 Å². The zero-order valence-corrected chi connectivity index (χ0v) is 9.91. The van der Waals surface area contributed by atoms with Gasteiger partial charge in [0.1, 0.15) is 6.10 Å². The van der Waals surface area contributed by atoms with Gasteiger partial charge < -0.3 is 5.11 Å². The minimum Gasteiger partial charge on any atom is -0.386 e. The first-order valence-corrected chi connectivity index (χ1v) is 6.77. The molecule has 2 fully saturated rings. The molecule has 0 amide bonds. The SMILES string of the molecule is N#CC1(C(O)c2cccs2)CC2CCC1C2. The molecule has 3 heteroatoms. The molecule has 2 saturated carbocycles. The lowest BCUT2D eigenvalue weighted by Crippen LogP contribution is -2.32. The lowest BCUT2D eigenvalue weighted by atomic mass is 9.70. The minimum absolute atomic E-state index is 0.416. The molecule has 1 aromatic rings. The van der Waals surface area contributed by atoms with Crippen molar-refractivity contribution < 1.29 is 5.11 Å². The molecule has 1 heterocycles. The van der Waals surface area contributed by atoms with Crippen LogP contribution in [0.4, 0.5) is 0 Å². The summed E-state index contributed by atoms with van der Waals surface area (Å²) in [4.78, 5) is 0.953. The Kier molecular flexibility index (Phi) is 2.31. The number of aliphatic hydroxyl groups excluding tert-OH is 1. The monoisotopic (exact) mass is 233 g/mol. The van der Waals surface area contributed by atoms with Gasteiger partial charge in [0, 0.05) is 4.88 Å². The highest BCUT2D eigenvalue weighted by molar-refractivity contribution is 7.10. The molecule has 2 nitrogen and oxygen atoms in total. The normalized spacial score (nSPS) is 38.5. The minimum atomic E-state index is -0.576. The summed E-state index contributed by atoms with van der Waals surface area (Å²) in [5.41, 5.74) is -0.492. The molecule has 0 spiro atoms. The highest BCUT2D eigenvalue weighted by Gasteiger charge is 2.55. The van der Waals surface area contributed by atoms with Crippen molar-refractivity contribution in [2.24, 2.45) is 17.3 Å². The molecule has 84 valence electrons.